The van der Waals surface area contributed by atoms with Gasteiger partial charge in [0.1, 0.15) is 5.82 Å². The number of fused-ring (bicyclic) bond motifs is 2. The topological polar surface area (TPSA) is 92.1 Å². The van der Waals surface area contributed by atoms with Crippen LogP contribution in [0.15, 0.2) is 9.21 Å². The third-order valence-corrected chi connectivity index (χ3v) is 6.32. The average Bonchev–Trinajstić information content (AvgIpc) is 3.37. The average molecular weight is 368 g/mol. The van der Waals surface area contributed by atoms with E-state index in [0.717, 1.165) is 55.6 Å². The predicted octanol–water partition coefficient (Wildman–Crippen LogP) is 2.37. The summed E-state index contributed by atoms with van der Waals surface area (Å²) in [5.74, 6) is 1.98. The van der Waals surface area contributed by atoms with E-state index in [1.807, 2.05) is 4.90 Å². The van der Waals surface area contributed by atoms with E-state index in [1.54, 1.807) is 13.8 Å². The van der Waals surface area contributed by atoms with Crippen molar-refractivity contribution in [1.29, 1.82) is 0 Å². The molecule has 1 N–H and O–H groups in total. The number of amides is 1. The summed E-state index contributed by atoms with van der Waals surface area (Å²) in [6.45, 7) is 4.86. The number of aryl methyl sites for hydroxylation is 2. The minimum Gasteiger partial charge on any atom is -0.436 e. The summed E-state index contributed by atoms with van der Waals surface area (Å²) in [7, 11) is 0. The number of hydrogen-bond acceptors (Lipinski definition) is 5. The number of aromatic nitrogens is 3. The molecule has 1 saturated carbocycles. The fourth-order valence-corrected chi connectivity index (χ4v) is 4.79. The molecule has 5 rings (SSSR count). The molecule has 1 unspecified atom stereocenters. The van der Waals surface area contributed by atoms with Crippen LogP contribution in [0.4, 0.5) is 0 Å². The maximum Gasteiger partial charge on any atom is 0.291 e. The molecule has 0 radical (unpaired) electrons. The van der Waals surface area contributed by atoms with Crippen LogP contribution >= 0.6 is 0 Å². The highest BCUT2D eigenvalue weighted by molar-refractivity contribution is 5.92. The quantitative estimate of drug-likeness (QED) is 0.879. The molecule has 1 spiro atoms. The summed E-state index contributed by atoms with van der Waals surface area (Å²) in [5, 5.41) is 0. The first-order valence-electron chi connectivity index (χ1n) is 9.84. The number of carbonyl (C=O) groups excluding carboxylic acids is 1. The number of nitrogens with zero attached hydrogens (tertiary/aromatic N) is 3. The second-order valence-corrected chi connectivity index (χ2v) is 8.31. The lowest BCUT2D eigenvalue weighted by atomic mass is 9.77. The Bertz CT molecular complexity index is 988. The third kappa shape index (κ3) is 2.63. The van der Waals surface area contributed by atoms with Crippen LogP contribution in [-0.2, 0) is 11.8 Å². The zero-order valence-corrected chi connectivity index (χ0v) is 15.8. The highest BCUT2D eigenvalue weighted by Gasteiger charge is 2.46. The van der Waals surface area contributed by atoms with Crippen molar-refractivity contribution in [3.63, 3.8) is 0 Å². The summed E-state index contributed by atoms with van der Waals surface area (Å²) in [4.78, 5) is 39.6. The van der Waals surface area contributed by atoms with E-state index in [-0.39, 0.29) is 16.9 Å². The van der Waals surface area contributed by atoms with Crippen molar-refractivity contribution in [2.75, 3.05) is 13.1 Å². The Morgan fingerprint density at radius 2 is 2.07 bits per heavy atom. The van der Waals surface area contributed by atoms with Gasteiger partial charge in [0.05, 0.1) is 11.4 Å². The van der Waals surface area contributed by atoms with Crippen LogP contribution in [0.25, 0.3) is 0 Å². The van der Waals surface area contributed by atoms with Gasteiger partial charge in [-0.3, -0.25) is 9.59 Å². The van der Waals surface area contributed by atoms with Crippen LogP contribution in [0.3, 0.4) is 0 Å². The van der Waals surface area contributed by atoms with Gasteiger partial charge >= 0.3 is 0 Å². The Balaban J connectivity index is 1.49. The molecule has 2 aromatic heterocycles. The van der Waals surface area contributed by atoms with Crippen molar-refractivity contribution in [3.8, 4) is 0 Å². The monoisotopic (exact) mass is 368 g/mol. The van der Waals surface area contributed by atoms with Crippen LogP contribution in [0.2, 0.25) is 0 Å². The van der Waals surface area contributed by atoms with Crippen molar-refractivity contribution in [1.82, 2.24) is 19.9 Å². The normalized spacial score (nSPS) is 24.4. The van der Waals surface area contributed by atoms with Crippen molar-refractivity contribution in [3.05, 3.63) is 44.8 Å². The van der Waals surface area contributed by atoms with Crippen LogP contribution in [0, 0.1) is 13.8 Å². The second kappa shape index (κ2) is 5.78. The van der Waals surface area contributed by atoms with Gasteiger partial charge in [0.25, 0.3) is 11.5 Å². The molecule has 142 valence electrons. The molecular formula is C20H24N4O3. The van der Waals surface area contributed by atoms with E-state index in [0.29, 0.717) is 36.4 Å². The third-order valence-electron chi connectivity index (χ3n) is 6.32. The Morgan fingerprint density at radius 1 is 1.26 bits per heavy atom. The number of aromatic amines is 1. The number of nitrogens with one attached hydrogen (secondary N) is 1. The molecule has 27 heavy (non-hydrogen) atoms. The highest BCUT2D eigenvalue weighted by atomic mass is 16.4. The molecule has 1 amide bonds. The number of likely N-dealkylation sites (tertiary alicyclic amines) is 1. The van der Waals surface area contributed by atoms with Crippen molar-refractivity contribution in [2.45, 2.75) is 63.7 Å². The molecule has 2 fully saturated rings. The molecule has 7 nitrogen and oxygen atoms in total. The molecule has 3 heterocycles. The fourth-order valence-electron chi connectivity index (χ4n) is 4.79. The first kappa shape index (κ1) is 16.7. The SMILES string of the molecule is Cc1nc(C)c(C(=O)N2CCCC3(CCc4c3nc(C3CC3)[nH]c4=O)C2)o1. The summed E-state index contributed by atoms with van der Waals surface area (Å²) in [6.07, 6.45) is 5.70. The first-order valence-corrected chi connectivity index (χ1v) is 9.84. The van der Waals surface area contributed by atoms with Gasteiger partial charge in [-0.05, 0) is 45.4 Å². The molecule has 0 bridgehead atoms. The van der Waals surface area contributed by atoms with Crippen LogP contribution < -0.4 is 5.56 Å². The van der Waals surface area contributed by atoms with Gasteiger partial charge in [0.2, 0.25) is 5.76 Å². The van der Waals surface area contributed by atoms with E-state index < -0.39 is 0 Å². The van der Waals surface area contributed by atoms with E-state index in [4.69, 9.17) is 9.40 Å². The Hall–Kier alpha value is -2.44. The maximum atomic E-state index is 13.0. The Morgan fingerprint density at radius 3 is 2.78 bits per heavy atom. The maximum absolute atomic E-state index is 13.0. The molecule has 0 aromatic carbocycles. The van der Waals surface area contributed by atoms with Crippen LogP contribution in [0.1, 0.15) is 77.2 Å². The summed E-state index contributed by atoms with van der Waals surface area (Å²) in [5.41, 5.74) is 2.21. The predicted molar refractivity (Wildman–Crippen MR) is 97.9 cm³/mol. The molecule has 1 atom stereocenters. The van der Waals surface area contributed by atoms with Gasteiger partial charge in [0.15, 0.2) is 5.89 Å². The molecule has 3 aliphatic rings. The van der Waals surface area contributed by atoms with Gasteiger partial charge < -0.3 is 14.3 Å². The summed E-state index contributed by atoms with van der Waals surface area (Å²) >= 11 is 0. The lowest BCUT2D eigenvalue weighted by Crippen LogP contribution is -2.48. The molecule has 1 aliphatic heterocycles. The van der Waals surface area contributed by atoms with Gasteiger partial charge in [-0.2, -0.15) is 0 Å². The van der Waals surface area contributed by atoms with E-state index >= 15 is 0 Å². The second-order valence-electron chi connectivity index (χ2n) is 8.31. The minimum absolute atomic E-state index is 0.0175. The molecule has 2 aromatic rings. The molecule has 1 saturated heterocycles. The number of H-pyrrole nitrogens is 1. The van der Waals surface area contributed by atoms with Crippen molar-refractivity contribution in [2.24, 2.45) is 0 Å². The van der Waals surface area contributed by atoms with E-state index in [9.17, 15) is 9.59 Å². The van der Waals surface area contributed by atoms with Gasteiger partial charge in [-0.1, -0.05) is 0 Å². The number of piperidine rings is 1. The summed E-state index contributed by atoms with van der Waals surface area (Å²) in [6, 6.07) is 0. The van der Waals surface area contributed by atoms with Crippen LogP contribution in [-0.4, -0.2) is 38.8 Å². The van der Waals surface area contributed by atoms with Gasteiger partial charge in [-0.25, -0.2) is 9.97 Å². The summed E-state index contributed by atoms with van der Waals surface area (Å²) < 4.78 is 5.55. The fraction of sp³-hybridized carbons (Fsp3) is 0.600. The van der Waals surface area contributed by atoms with Crippen molar-refractivity contribution >= 4 is 5.91 Å². The highest BCUT2D eigenvalue weighted by Crippen LogP contribution is 2.45. The lowest BCUT2D eigenvalue weighted by molar-refractivity contribution is 0.0599. The minimum atomic E-state index is -0.204. The van der Waals surface area contributed by atoms with Crippen molar-refractivity contribution < 1.29 is 9.21 Å². The Labute approximate surface area is 157 Å². The molecule has 2 aliphatic carbocycles. The zero-order chi connectivity index (χ0) is 18.8. The molecular weight excluding hydrogens is 344 g/mol. The number of hydrogen-bond donors (Lipinski definition) is 1. The number of oxazole rings is 1. The standard InChI is InChI=1S/C20H24N4O3/c1-11-15(27-12(2)21-11)19(26)24-9-3-7-20(10-24)8-6-14-16(20)22-17(13-4-5-13)23-18(14)25/h13H,3-10H2,1-2H3,(H,22,23,25). The molecule has 7 heteroatoms. The zero-order valence-electron chi connectivity index (χ0n) is 15.8. The largest absolute Gasteiger partial charge is 0.436 e. The van der Waals surface area contributed by atoms with Gasteiger partial charge in [-0.15, -0.1) is 0 Å². The number of rotatable bonds is 2. The van der Waals surface area contributed by atoms with Crippen LogP contribution in [0.5, 0.6) is 0 Å². The van der Waals surface area contributed by atoms with E-state index in [1.165, 1.54) is 0 Å². The lowest BCUT2D eigenvalue weighted by Gasteiger charge is -2.40. The first-order chi connectivity index (χ1) is 13.0. The van der Waals surface area contributed by atoms with E-state index in [2.05, 4.69) is 9.97 Å². The Kier molecular flexibility index (Phi) is 3.58. The smallest absolute Gasteiger partial charge is 0.291 e. The number of carbonyl (C=O) groups is 1. The van der Waals surface area contributed by atoms with Gasteiger partial charge in [0, 0.05) is 36.9 Å².